The lowest BCUT2D eigenvalue weighted by atomic mass is 10.1. The molecule has 2 rings (SSSR count). The van der Waals surface area contributed by atoms with Gasteiger partial charge in [0.15, 0.2) is 0 Å². The molecule has 88 valence electrons. The topological polar surface area (TPSA) is 41.5 Å². The zero-order valence-electron chi connectivity index (χ0n) is 9.65. The van der Waals surface area contributed by atoms with Crippen molar-refractivity contribution in [1.29, 1.82) is 0 Å². The Bertz CT molecular complexity index is 319. The van der Waals surface area contributed by atoms with Crippen LogP contribution in [0.25, 0.3) is 0 Å². The van der Waals surface area contributed by atoms with E-state index in [9.17, 15) is 5.11 Å². The number of methoxy groups -OCH3 is 1. The molecule has 1 unspecified atom stereocenters. The largest absolute Gasteiger partial charge is 0.387 e. The Morgan fingerprint density at radius 2 is 2.06 bits per heavy atom. The first-order valence-electron chi connectivity index (χ1n) is 5.79. The summed E-state index contributed by atoms with van der Waals surface area (Å²) in [6.45, 7) is 1.27. The number of ether oxygens (including phenoxy) is 1. The highest BCUT2D eigenvalue weighted by Crippen LogP contribution is 2.20. The van der Waals surface area contributed by atoms with Crippen LogP contribution in [0.4, 0.5) is 0 Å². The normalized spacial score (nSPS) is 17.4. The molecule has 0 bridgehead atoms. The molecular formula is C13H19NO2. The maximum atomic E-state index is 9.92. The molecule has 3 nitrogen and oxygen atoms in total. The van der Waals surface area contributed by atoms with E-state index in [1.165, 1.54) is 12.8 Å². The van der Waals surface area contributed by atoms with E-state index in [4.69, 9.17) is 4.74 Å². The van der Waals surface area contributed by atoms with Gasteiger partial charge in [0.2, 0.25) is 0 Å². The van der Waals surface area contributed by atoms with Crippen LogP contribution in [0.1, 0.15) is 30.1 Å². The second-order valence-electron chi connectivity index (χ2n) is 4.37. The molecule has 1 aliphatic carbocycles. The predicted octanol–water partition coefficient (Wildman–Crippen LogP) is 1.62. The molecule has 1 fully saturated rings. The number of aliphatic hydroxyl groups is 1. The Balaban J connectivity index is 1.86. The molecule has 1 aromatic carbocycles. The highest BCUT2D eigenvalue weighted by molar-refractivity contribution is 5.24. The lowest BCUT2D eigenvalue weighted by Crippen LogP contribution is -2.23. The quantitative estimate of drug-likeness (QED) is 0.767. The Hall–Kier alpha value is -0.900. The fourth-order valence-corrected chi connectivity index (χ4v) is 1.69. The van der Waals surface area contributed by atoms with Gasteiger partial charge in [0.25, 0.3) is 0 Å². The van der Waals surface area contributed by atoms with Gasteiger partial charge in [-0.15, -0.1) is 0 Å². The first-order chi connectivity index (χ1) is 7.79. The third-order valence-corrected chi connectivity index (χ3v) is 2.85. The Morgan fingerprint density at radius 1 is 1.38 bits per heavy atom. The van der Waals surface area contributed by atoms with Gasteiger partial charge in [0.1, 0.15) is 0 Å². The van der Waals surface area contributed by atoms with Crippen LogP contribution < -0.4 is 5.32 Å². The predicted molar refractivity (Wildman–Crippen MR) is 63.1 cm³/mol. The van der Waals surface area contributed by atoms with Gasteiger partial charge in [-0.2, -0.15) is 0 Å². The first kappa shape index (κ1) is 11.6. The molecule has 0 spiro atoms. The summed E-state index contributed by atoms with van der Waals surface area (Å²) >= 11 is 0. The molecule has 0 heterocycles. The van der Waals surface area contributed by atoms with Gasteiger partial charge >= 0.3 is 0 Å². The van der Waals surface area contributed by atoms with Crippen LogP contribution in [0.5, 0.6) is 0 Å². The van der Waals surface area contributed by atoms with Crippen molar-refractivity contribution in [3.8, 4) is 0 Å². The van der Waals surface area contributed by atoms with Crippen LogP contribution >= 0.6 is 0 Å². The Kier molecular flexibility index (Phi) is 3.93. The van der Waals surface area contributed by atoms with E-state index in [1.807, 2.05) is 24.3 Å². The molecule has 16 heavy (non-hydrogen) atoms. The number of rotatable bonds is 6. The molecule has 0 aromatic heterocycles. The van der Waals surface area contributed by atoms with Crippen molar-refractivity contribution in [2.75, 3.05) is 13.7 Å². The number of aliphatic hydroxyl groups excluding tert-OH is 1. The van der Waals surface area contributed by atoms with Gasteiger partial charge in [0.05, 0.1) is 12.7 Å². The fraction of sp³-hybridized carbons (Fsp3) is 0.538. The van der Waals surface area contributed by atoms with Crippen LogP contribution in [0, 0.1) is 0 Å². The van der Waals surface area contributed by atoms with Gasteiger partial charge < -0.3 is 15.2 Å². The van der Waals surface area contributed by atoms with Crippen LogP contribution in [0.3, 0.4) is 0 Å². The van der Waals surface area contributed by atoms with Gasteiger partial charge in [-0.1, -0.05) is 24.3 Å². The molecule has 0 saturated heterocycles. The number of hydrogen-bond donors (Lipinski definition) is 2. The summed E-state index contributed by atoms with van der Waals surface area (Å²) < 4.78 is 5.04. The van der Waals surface area contributed by atoms with E-state index >= 15 is 0 Å². The molecule has 3 heteroatoms. The minimum atomic E-state index is -0.405. The zero-order chi connectivity index (χ0) is 11.4. The summed E-state index contributed by atoms with van der Waals surface area (Å²) in [4.78, 5) is 0. The monoisotopic (exact) mass is 221 g/mol. The minimum absolute atomic E-state index is 0.405. The fourth-order valence-electron chi connectivity index (χ4n) is 1.69. The summed E-state index contributed by atoms with van der Waals surface area (Å²) in [7, 11) is 1.68. The van der Waals surface area contributed by atoms with Crippen LogP contribution in [0.2, 0.25) is 0 Å². The smallest absolute Gasteiger partial charge is 0.0914 e. The van der Waals surface area contributed by atoms with E-state index in [0.717, 1.165) is 11.1 Å². The molecule has 1 aliphatic rings. The van der Waals surface area contributed by atoms with Crippen molar-refractivity contribution in [2.45, 2.75) is 31.6 Å². The molecule has 0 aliphatic heterocycles. The van der Waals surface area contributed by atoms with E-state index in [1.54, 1.807) is 7.11 Å². The third-order valence-electron chi connectivity index (χ3n) is 2.85. The van der Waals surface area contributed by atoms with Crippen molar-refractivity contribution in [3.05, 3.63) is 35.4 Å². The van der Waals surface area contributed by atoms with Gasteiger partial charge in [0, 0.05) is 19.7 Å². The van der Waals surface area contributed by atoms with E-state index in [0.29, 0.717) is 19.2 Å². The van der Waals surface area contributed by atoms with Gasteiger partial charge in [-0.3, -0.25) is 0 Å². The van der Waals surface area contributed by atoms with E-state index in [2.05, 4.69) is 5.32 Å². The van der Waals surface area contributed by atoms with Crippen LogP contribution in [-0.4, -0.2) is 24.8 Å². The molecule has 2 N–H and O–H groups in total. The van der Waals surface area contributed by atoms with Gasteiger partial charge in [-0.25, -0.2) is 0 Å². The number of benzene rings is 1. The first-order valence-corrected chi connectivity index (χ1v) is 5.79. The van der Waals surface area contributed by atoms with Crippen LogP contribution in [0.15, 0.2) is 24.3 Å². The van der Waals surface area contributed by atoms with Crippen molar-refractivity contribution < 1.29 is 9.84 Å². The number of hydrogen-bond acceptors (Lipinski definition) is 3. The molecule has 0 radical (unpaired) electrons. The second-order valence-corrected chi connectivity index (χ2v) is 4.37. The van der Waals surface area contributed by atoms with Crippen molar-refractivity contribution in [1.82, 2.24) is 5.32 Å². The summed E-state index contributed by atoms with van der Waals surface area (Å²) in [5.74, 6) is 0. The number of nitrogens with one attached hydrogen (secondary N) is 1. The average molecular weight is 221 g/mol. The lowest BCUT2D eigenvalue weighted by Gasteiger charge is -2.12. The molecule has 1 saturated carbocycles. The van der Waals surface area contributed by atoms with Gasteiger partial charge in [-0.05, 0) is 24.0 Å². The highest BCUT2D eigenvalue weighted by atomic mass is 16.5. The Labute approximate surface area is 96.4 Å². The molecule has 1 aromatic rings. The average Bonchev–Trinajstić information content (AvgIpc) is 3.11. The Morgan fingerprint density at radius 3 is 2.62 bits per heavy atom. The standard InChI is InChI=1S/C13H19NO2/c1-16-9-10-2-4-11(5-3-10)13(15)8-14-12-6-7-12/h2-5,12-15H,6-9H2,1H3. The molecular weight excluding hydrogens is 202 g/mol. The SMILES string of the molecule is COCc1ccc(C(O)CNC2CC2)cc1. The molecule has 1 atom stereocenters. The summed E-state index contributed by atoms with van der Waals surface area (Å²) in [5.41, 5.74) is 2.10. The zero-order valence-corrected chi connectivity index (χ0v) is 9.65. The highest BCUT2D eigenvalue weighted by Gasteiger charge is 2.21. The molecule has 0 amide bonds. The van der Waals surface area contributed by atoms with Crippen molar-refractivity contribution in [3.63, 3.8) is 0 Å². The minimum Gasteiger partial charge on any atom is -0.387 e. The van der Waals surface area contributed by atoms with E-state index < -0.39 is 6.10 Å². The maximum Gasteiger partial charge on any atom is 0.0914 e. The van der Waals surface area contributed by atoms with E-state index in [-0.39, 0.29) is 0 Å². The van der Waals surface area contributed by atoms with Crippen LogP contribution in [-0.2, 0) is 11.3 Å². The summed E-state index contributed by atoms with van der Waals surface area (Å²) in [6, 6.07) is 8.57. The summed E-state index contributed by atoms with van der Waals surface area (Å²) in [5, 5.41) is 13.2. The van der Waals surface area contributed by atoms with Crippen molar-refractivity contribution >= 4 is 0 Å². The van der Waals surface area contributed by atoms with Crippen molar-refractivity contribution in [2.24, 2.45) is 0 Å². The third kappa shape index (κ3) is 3.30. The second kappa shape index (κ2) is 5.43. The summed E-state index contributed by atoms with van der Waals surface area (Å²) in [6.07, 6.45) is 2.09. The lowest BCUT2D eigenvalue weighted by molar-refractivity contribution is 0.173. The maximum absolute atomic E-state index is 9.92.